The van der Waals surface area contributed by atoms with Crippen LogP contribution in [0.1, 0.15) is 33.4 Å². The molecule has 0 bridgehead atoms. The Morgan fingerprint density at radius 1 is 0.449 bits per heavy atom. The third kappa shape index (κ3) is 25.5. The topological polar surface area (TPSA) is 291 Å². The SMILES string of the molecule is C.C.C.CNC(=S)Nc1ccc(CC2CN(CC(=O)O)CCN(CC(=O)O)CCN2CC(=O)O)cc1.CNC(=S)Nc1ccc(CC2CN(CC(=O)O)CCN(CC(=O)O)CCN2CC(=O)O)cc1. The Balaban J connectivity index is 0.00000128. The monoisotopic (exact) mass is 1010 g/mol. The summed E-state index contributed by atoms with van der Waals surface area (Å²) in [4.78, 5) is 78.8. The highest BCUT2D eigenvalue weighted by Crippen LogP contribution is 2.18. The van der Waals surface area contributed by atoms with E-state index in [1.807, 2.05) is 48.5 Å². The second-order valence-electron chi connectivity index (χ2n) is 15.8. The van der Waals surface area contributed by atoms with Gasteiger partial charge in [-0.05, 0) is 72.7 Å². The summed E-state index contributed by atoms with van der Waals surface area (Å²) in [6.07, 6.45) is 1.03. The Morgan fingerprint density at radius 2 is 0.710 bits per heavy atom. The molecule has 2 aliphatic rings. The van der Waals surface area contributed by atoms with Gasteiger partial charge in [-0.1, -0.05) is 46.5 Å². The van der Waals surface area contributed by atoms with E-state index in [1.54, 1.807) is 43.5 Å². The van der Waals surface area contributed by atoms with Gasteiger partial charge in [0.25, 0.3) is 0 Å². The van der Waals surface area contributed by atoms with E-state index in [1.165, 1.54) is 0 Å². The van der Waals surface area contributed by atoms with E-state index in [2.05, 4.69) is 21.3 Å². The van der Waals surface area contributed by atoms with Crippen LogP contribution in [-0.2, 0) is 41.6 Å². The van der Waals surface area contributed by atoms with Crippen molar-refractivity contribution in [2.24, 2.45) is 0 Å². The van der Waals surface area contributed by atoms with Gasteiger partial charge in [0, 0.05) is 103 Å². The van der Waals surface area contributed by atoms with Crippen molar-refractivity contribution in [1.29, 1.82) is 0 Å². The maximum atomic E-state index is 11.6. The van der Waals surface area contributed by atoms with Crippen LogP contribution >= 0.6 is 24.4 Å². The summed E-state index contributed by atoms with van der Waals surface area (Å²) in [6, 6.07) is 14.7. The van der Waals surface area contributed by atoms with Gasteiger partial charge in [-0.25, -0.2) is 0 Å². The van der Waals surface area contributed by atoms with Crippen molar-refractivity contribution < 1.29 is 59.4 Å². The van der Waals surface area contributed by atoms with Gasteiger partial charge in [-0.15, -0.1) is 0 Å². The number of nitrogens with zero attached hydrogens (tertiary/aromatic N) is 6. The average Bonchev–Trinajstić information content (AvgIpc) is 3.35. The van der Waals surface area contributed by atoms with E-state index in [9.17, 15) is 59.4 Å². The fourth-order valence-corrected chi connectivity index (χ4v) is 7.84. The number of rotatable bonds is 18. The lowest BCUT2D eigenvalue weighted by molar-refractivity contribution is -0.140. The highest BCUT2D eigenvalue weighted by molar-refractivity contribution is 7.80. The lowest BCUT2D eigenvalue weighted by atomic mass is 10.0. The van der Waals surface area contributed by atoms with Crippen LogP contribution in [0, 0.1) is 0 Å². The number of carbonyl (C=O) groups is 6. The van der Waals surface area contributed by atoms with Crippen molar-refractivity contribution in [1.82, 2.24) is 40.0 Å². The normalized spacial score (nSPS) is 17.7. The number of nitrogens with one attached hydrogen (secondary N) is 4. The van der Waals surface area contributed by atoms with Crippen LogP contribution in [0.15, 0.2) is 48.5 Å². The first-order valence-electron chi connectivity index (χ1n) is 21.2. The third-order valence-corrected chi connectivity index (χ3v) is 11.4. The summed E-state index contributed by atoms with van der Waals surface area (Å²) in [5.74, 6) is -5.92. The minimum atomic E-state index is -0.992. The number of thiocarbonyl (C=S) groups is 2. The van der Waals surface area contributed by atoms with E-state index in [0.29, 0.717) is 88.5 Å². The maximum absolute atomic E-state index is 11.6. The summed E-state index contributed by atoms with van der Waals surface area (Å²) < 4.78 is 0. The van der Waals surface area contributed by atoms with Crippen LogP contribution in [0.5, 0.6) is 0 Å². The zero-order valence-electron chi connectivity index (χ0n) is 37.1. The van der Waals surface area contributed by atoms with Gasteiger partial charge < -0.3 is 51.9 Å². The molecular weight excluding hydrogens is 937 g/mol. The molecule has 0 saturated carbocycles. The molecule has 2 atom stereocenters. The standard InChI is InChI=1S/2C21H31N5O6S.3CH4/c2*1-22-21(33)23-16-4-2-15(3-5-16)10-17-11-25(13-19(29)30)7-6-24(12-18(27)28)8-9-26(17)14-20(31)32;;;/h2*2-5,17H,6-14H2,1H3,(H,27,28)(H,29,30)(H,31,32)(H2,22,23,33);3*1H4. The predicted octanol–water partition coefficient (Wildman–Crippen LogP) is 1.28. The molecule has 0 aliphatic carbocycles. The fourth-order valence-electron chi connectivity index (χ4n) is 7.60. The highest BCUT2D eigenvalue weighted by Gasteiger charge is 2.30. The maximum Gasteiger partial charge on any atom is 0.317 e. The first-order valence-corrected chi connectivity index (χ1v) is 22.0. The Bertz CT molecular complexity index is 1810. The minimum Gasteiger partial charge on any atom is -0.480 e. The predicted molar refractivity (Wildman–Crippen MR) is 273 cm³/mol. The van der Waals surface area contributed by atoms with E-state index in [4.69, 9.17) is 24.4 Å². The van der Waals surface area contributed by atoms with Crippen LogP contribution in [0.25, 0.3) is 0 Å². The second kappa shape index (κ2) is 33.0. The lowest BCUT2D eigenvalue weighted by Crippen LogP contribution is -2.49. The third-order valence-electron chi connectivity index (χ3n) is 10.8. The lowest BCUT2D eigenvalue weighted by Gasteiger charge is -2.33. The van der Waals surface area contributed by atoms with Crippen molar-refractivity contribution >= 4 is 81.9 Å². The number of hydrogen-bond donors (Lipinski definition) is 10. The van der Waals surface area contributed by atoms with E-state index >= 15 is 0 Å². The molecule has 69 heavy (non-hydrogen) atoms. The van der Waals surface area contributed by atoms with Crippen molar-refractivity contribution in [2.75, 3.05) is 129 Å². The first kappa shape index (κ1) is 63.4. The molecule has 388 valence electrons. The van der Waals surface area contributed by atoms with Gasteiger partial charge in [0.2, 0.25) is 0 Å². The van der Waals surface area contributed by atoms with Crippen LogP contribution in [0.2, 0.25) is 0 Å². The Labute approximate surface area is 416 Å². The van der Waals surface area contributed by atoms with E-state index in [0.717, 1.165) is 22.5 Å². The van der Waals surface area contributed by atoms with Gasteiger partial charge in [0.05, 0.1) is 39.3 Å². The minimum absolute atomic E-state index is 0. The summed E-state index contributed by atoms with van der Waals surface area (Å²) in [5.41, 5.74) is 3.56. The van der Waals surface area contributed by atoms with Gasteiger partial charge in [-0.2, -0.15) is 0 Å². The van der Waals surface area contributed by atoms with Gasteiger partial charge >= 0.3 is 35.8 Å². The number of carboxylic acids is 6. The summed E-state index contributed by atoms with van der Waals surface area (Å²) >= 11 is 10.2. The van der Waals surface area contributed by atoms with Crippen molar-refractivity contribution in [3.63, 3.8) is 0 Å². The van der Waals surface area contributed by atoms with E-state index in [-0.39, 0.29) is 73.6 Å². The largest absolute Gasteiger partial charge is 0.480 e. The summed E-state index contributed by atoms with van der Waals surface area (Å²) in [5, 5.41) is 68.7. The molecule has 2 heterocycles. The molecule has 2 aliphatic heterocycles. The number of anilines is 2. The molecule has 0 radical (unpaired) electrons. The zero-order valence-corrected chi connectivity index (χ0v) is 38.8. The Kier molecular flexibility index (Phi) is 30.3. The van der Waals surface area contributed by atoms with Gasteiger partial charge in [0.15, 0.2) is 10.2 Å². The van der Waals surface area contributed by atoms with E-state index < -0.39 is 35.8 Å². The van der Waals surface area contributed by atoms with Crippen molar-refractivity contribution in [2.45, 2.75) is 47.2 Å². The quantitative estimate of drug-likeness (QED) is 0.0942. The van der Waals surface area contributed by atoms with Crippen LogP contribution in [0.3, 0.4) is 0 Å². The Morgan fingerprint density at radius 3 is 0.986 bits per heavy atom. The molecule has 2 fully saturated rings. The number of aliphatic carboxylic acids is 6. The van der Waals surface area contributed by atoms with Gasteiger partial charge in [0.1, 0.15) is 0 Å². The number of hydrogen-bond acceptors (Lipinski definition) is 14. The van der Waals surface area contributed by atoms with Crippen molar-refractivity contribution in [3.05, 3.63) is 59.7 Å². The molecule has 0 aromatic heterocycles. The average molecular weight is 1010 g/mol. The molecule has 2 saturated heterocycles. The molecule has 2 aromatic carbocycles. The Hall–Kier alpha value is -5.60. The fraction of sp³-hybridized carbons (Fsp3) is 0.556. The van der Waals surface area contributed by atoms with Crippen LogP contribution < -0.4 is 21.3 Å². The molecule has 0 spiro atoms. The highest BCUT2D eigenvalue weighted by atomic mass is 32.1. The second-order valence-corrected chi connectivity index (χ2v) is 16.7. The molecular formula is C45H74N10O12S2. The summed E-state index contributed by atoms with van der Waals surface area (Å²) in [6.45, 7) is 2.49. The molecule has 4 rings (SSSR count). The molecule has 0 amide bonds. The molecule has 2 aromatic rings. The summed E-state index contributed by atoms with van der Waals surface area (Å²) in [7, 11) is 3.44. The zero-order chi connectivity index (χ0) is 48.8. The molecule has 22 nitrogen and oxygen atoms in total. The van der Waals surface area contributed by atoms with Crippen LogP contribution in [0.4, 0.5) is 11.4 Å². The van der Waals surface area contributed by atoms with Crippen molar-refractivity contribution in [3.8, 4) is 0 Å². The number of benzene rings is 2. The van der Waals surface area contributed by atoms with Gasteiger partial charge in [-0.3, -0.25) is 58.2 Å². The first-order chi connectivity index (χ1) is 31.3. The smallest absolute Gasteiger partial charge is 0.317 e. The molecule has 2 unspecified atom stereocenters. The van der Waals surface area contributed by atoms with Crippen LogP contribution in [-0.4, -0.2) is 237 Å². The number of carboxylic acid groups (broad SMARTS) is 6. The molecule has 24 heteroatoms. The molecule has 10 N–H and O–H groups in total.